The van der Waals surface area contributed by atoms with E-state index in [4.69, 9.17) is 9.47 Å². The van der Waals surface area contributed by atoms with Crippen molar-refractivity contribution in [2.24, 2.45) is 11.8 Å². The van der Waals surface area contributed by atoms with Gasteiger partial charge in [0.15, 0.2) is 0 Å². The standard InChI is InChI=1S/C20H34N2O4/c1-3-4-5-6-7-14-25-20(24)18-16-9-8-15(26-16)17(18)19(23)22-12-10-21(2)11-13-22/h15-18H,3-14H2,1-2H3. The summed E-state index contributed by atoms with van der Waals surface area (Å²) in [6.07, 6.45) is 7.15. The quantitative estimate of drug-likeness (QED) is 0.486. The van der Waals surface area contributed by atoms with E-state index in [-0.39, 0.29) is 30.0 Å². The van der Waals surface area contributed by atoms with Gasteiger partial charge in [-0.25, -0.2) is 0 Å². The van der Waals surface area contributed by atoms with Gasteiger partial charge in [0, 0.05) is 26.2 Å². The van der Waals surface area contributed by atoms with Crippen LogP contribution in [0.2, 0.25) is 0 Å². The summed E-state index contributed by atoms with van der Waals surface area (Å²) >= 11 is 0. The van der Waals surface area contributed by atoms with Gasteiger partial charge < -0.3 is 19.3 Å². The maximum Gasteiger partial charge on any atom is 0.312 e. The summed E-state index contributed by atoms with van der Waals surface area (Å²) in [4.78, 5) is 29.9. The summed E-state index contributed by atoms with van der Waals surface area (Å²) in [7, 11) is 2.07. The normalized spacial score (nSPS) is 31.4. The Bertz CT molecular complexity index is 490. The highest BCUT2D eigenvalue weighted by Crippen LogP contribution is 2.45. The number of unbranched alkanes of at least 4 members (excludes halogenated alkanes) is 4. The minimum atomic E-state index is -0.406. The van der Waals surface area contributed by atoms with Crippen LogP contribution in [-0.4, -0.2) is 73.7 Å². The minimum Gasteiger partial charge on any atom is -0.465 e. The molecule has 4 unspecified atom stereocenters. The number of hydrogen-bond donors (Lipinski definition) is 0. The molecule has 0 spiro atoms. The van der Waals surface area contributed by atoms with Gasteiger partial charge in [0.25, 0.3) is 0 Å². The van der Waals surface area contributed by atoms with Gasteiger partial charge in [-0.1, -0.05) is 32.6 Å². The minimum absolute atomic E-state index is 0.0928. The highest BCUT2D eigenvalue weighted by Gasteiger charge is 2.56. The smallest absolute Gasteiger partial charge is 0.312 e. The molecular weight excluding hydrogens is 332 g/mol. The van der Waals surface area contributed by atoms with Gasteiger partial charge in [-0.05, 0) is 26.3 Å². The average Bonchev–Trinajstić information content (AvgIpc) is 3.26. The van der Waals surface area contributed by atoms with Crippen LogP contribution in [0, 0.1) is 11.8 Å². The summed E-state index contributed by atoms with van der Waals surface area (Å²) in [5.41, 5.74) is 0. The molecule has 0 aliphatic carbocycles. The van der Waals surface area contributed by atoms with E-state index in [9.17, 15) is 9.59 Å². The third-order valence-corrected chi connectivity index (χ3v) is 6.14. The third-order valence-electron chi connectivity index (χ3n) is 6.14. The number of carbonyl (C=O) groups is 2. The molecule has 6 nitrogen and oxygen atoms in total. The van der Waals surface area contributed by atoms with Crippen LogP contribution in [0.5, 0.6) is 0 Å². The Morgan fingerprint density at radius 1 is 0.962 bits per heavy atom. The molecule has 0 aromatic carbocycles. The molecule has 3 heterocycles. The molecule has 3 aliphatic heterocycles. The predicted molar refractivity (Wildman–Crippen MR) is 98.7 cm³/mol. The zero-order valence-corrected chi connectivity index (χ0v) is 16.3. The lowest BCUT2D eigenvalue weighted by atomic mass is 9.78. The molecule has 148 valence electrons. The molecule has 0 aromatic heterocycles. The van der Waals surface area contributed by atoms with Gasteiger partial charge in [-0.2, -0.15) is 0 Å². The van der Waals surface area contributed by atoms with Crippen molar-refractivity contribution in [1.29, 1.82) is 0 Å². The Balaban J connectivity index is 1.53. The topological polar surface area (TPSA) is 59.1 Å². The van der Waals surface area contributed by atoms with E-state index in [0.29, 0.717) is 6.61 Å². The fourth-order valence-corrected chi connectivity index (χ4v) is 4.50. The molecule has 3 rings (SSSR count). The summed E-state index contributed by atoms with van der Waals surface area (Å²) in [5, 5.41) is 0. The van der Waals surface area contributed by atoms with Crippen molar-refractivity contribution in [2.75, 3.05) is 39.8 Å². The number of likely N-dealkylation sites (N-methyl/N-ethyl adjacent to an activating group) is 1. The number of rotatable bonds is 8. The Morgan fingerprint density at radius 3 is 2.31 bits per heavy atom. The summed E-state index contributed by atoms with van der Waals surface area (Å²) in [5.74, 6) is -0.878. The lowest BCUT2D eigenvalue weighted by Gasteiger charge is -2.36. The maximum atomic E-state index is 13.1. The fourth-order valence-electron chi connectivity index (χ4n) is 4.50. The molecule has 26 heavy (non-hydrogen) atoms. The Morgan fingerprint density at radius 2 is 1.62 bits per heavy atom. The second kappa shape index (κ2) is 9.18. The van der Waals surface area contributed by atoms with Crippen LogP contribution in [0.4, 0.5) is 0 Å². The van der Waals surface area contributed by atoms with Gasteiger partial charge in [0.2, 0.25) is 5.91 Å². The molecule has 3 fully saturated rings. The van der Waals surface area contributed by atoms with Crippen molar-refractivity contribution in [3.63, 3.8) is 0 Å². The first-order chi connectivity index (χ1) is 12.6. The van der Waals surface area contributed by atoms with Crippen LogP contribution < -0.4 is 0 Å². The van der Waals surface area contributed by atoms with Crippen LogP contribution in [0.3, 0.4) is 0 Å². The van der Waals surface area contributed by atoms with Gasteiger partial charge in [-0.3, -0.25) is 9.59 Å². The van der Waals surface area contributed by atoms with Crippen molar-refractivity contribution >= 4 is 11.9 Å². The van der Waals surface area contributed by atoms with Crippen LogP contribution in [-0.2, 0) is 19.1 Å². The molecule has 1 amide bonds. The van der Waals surface area contributed by atoms with Gasteiger partial charge in [0.05, 0.1) is 30.7 Å². The number of carbonyl (C=O) groups excluding carboxylic acids is 2. The molecule has 3 aliphatic rings. The number of esters is 1. The molecule has 0 N–H and O–H groups in total. The van der Waals surface area contributed by atoms with Crippen LogP contribution in [0.25, 0.3) is 0 Å². The van der Waals surface area contributed by atoms with Gasteiger partial charge in [0.1, 0.15) is 0 Å². The molecule has 2 bridgehead atoms. The van der Waals surface area contributed by atoms with Gasteiger partial charge >= 0.3 is 5.97 Å². The number of piperazine rings is 1. The number of amides is 1. The van der Waals surface area contributed by atoms with Crippen LogP contribution in [0.15, 0.2) is 0 Å². The fraction of sp³-hybridized carbons (Fsp3) is 0.900. The van der Waals surface area contributed by atoms with Crippen molar-refractivity contribution in [1.82, 2.24) is 9.80 Å². The van der Waals surface area contributed by atoms with E-state index in [2.05, 4.69) is 18.9 Å². The Kier molecular flexibility index (Phi) is 6.92. The molecule has 6 heteroatoms. The zero-order valence-electron chi connectivity index (χ0n) is 16.3. The molecule has 4 atom stereocenters. The number of hydrogen-bond acceptors (Lipinski definition) is 5. The number of ether oxygens (including phenoxy) is 2. The second-order valence-corrected chi connectivity index (χ2v) is 8.05. The average molecular weight is 367 g/mol. The Hall–Kier alpha value is -1.14. The third kappa shape index (κ3) is 4.39. The van der Waals surface area contributed by atoms with E-state index in [1.807, 2.05) is 4.90 Å². The highest BCUT2D eigenvalue weighted by molar-refractivity contribution is 5.87. The first-order valence-corrected chi connectivity index (χ1v) is 10.4. The predicted octanol–water partition coefficient (Wildman–Crippen LogP) is 2.07. The lowest BCUT2D eigenvalue weighted by Crippen LogP contribution is -2.52. The van der Waals surface area contributed by atoms with E-state index in [1.165, 1.54) is 19.3 Å². The van der Waals surface area contributed by atoms with E-state index < -0.39 is 5.92 Å². The van der Waals surface area contributed by atoms with Crippen molar-refractivity contribution in [2.45, 2.75) is 64.1 Å². The number of nitrogens with zero attached hydrogens (tertiary/aromatic N) is 2. The SMILES string of the molecule is CCCCCCCOC(=O)C1C2CCC(O2)C1C(=O)N1CCN(C)CC1. The van der Waals surface area contributed by atoms with Crippen LogP contribution in [0.1, 0.15) is 51.9 Å². The van der Waals surface area contributed by atoms with Crippen molar-refractivity contribution < 1.29 is 19.1 Å². The molecular formula is C20H34N2O4. The van der Waals surface area contributed by atoms with E-state index >= 15 is 0 Å². The first-order valence-electron chi connectivity index (χ1n) is 10.4. The first kappa shape index (κ1) is 19.6. The number of fused-ring (bicyclic) bond motifs is 2. The van der Waals surface area contributed by atoms with Crippen LogP contribution >= 0.6 is 0 Å². The molecule has 0 aromatic rings. The molecule has 0 radical (unpaired) electrons. The zero-order chi connectivity index (χ0) is 18.5. The van der Waals surface area contributed by atoms with E-state index in [0.717, 1.165) is 51.9 Å². The largest absolute Gasteiger partial charge is 0.465 e. The summed E-state index contributed by atoms with van der Waals surface area (Å²) in [6.45, 7) is 5.91. The van der Waals surface area contributed by atoms with Gasteiger partial charge in [-0.15, -0.1) is 0 Å². The van der Waals surface area contributed by atoms with Crippen molar-refractivity contribution in [3.05, 3.63) is 0 Å². The Labute approximate surface area is 157 Å². The highest BCUT2D eigenvalue weighted by atomic mass is 16.5. The summed E-state index contributed by atoms with van der Waals surface area (Å²) < 4.78 is 11.5. The second-order valence-electron chi connectivity index (χ2n) is 8.05. The maximum absolute atomic E-state index is 13.1. The summed E-state index contributed by atoms with van der Waals surface area (Å²) in [6, 6.07) is 0. The van der Waals surface area contributed by atoms with Crippen molar-refractivity contribution in [3.8, 4) is 0 Å². The van der Waals surface area contributed by atoms with E-state index in [1.54, 1.807) is 0 Å². The molecule has 0 saturated carbocycles. The monoisotopic (exact) mass is 366 g/mol. The lowest BCUT2D eigenvalue weighted by molar-refractivity contribution is -0.156. The molecule has 3 saturated heterocycles.